The van der Waals surface area contributed by atoms with Crippen molar-refractivity contribution >= 4 is 11.8 Å². The maximum absolute atomic E-state index is 12.4. The average molecular weight is 441 g/mol. The summed E-state index contributed by atoms with van der Waals surface area (Å²) in [6.07, 6.45) is 5.04. The Morgan fingerprint density at radius 3 is 2.59 bits per heavy atom. The minimum absolute atomic E-state index is 0.165. The number of piperidine rings is 1. The molecule has 7 nitrogen and oxygen atoms in total. The maximum atomic E-state index is 12.4. The molecular weight excluding hydrogens is 404 g/mol. The quantitative estimate of drug-likeness (QED) is 0.755. The molecule has 2 heterocycles. The molecule has 1 aromatic rings. The van der Waals surface area contributed by atoms with Gasteiger partial charge in [-0.2, -0.15) is 5.26 Å². The van der Waals surface area contributed by atoms with Crippen LogP contribution < -0.4 is 10.1 Å². The fraction of sp³-hybridized carbons (Fsp3) is 0.680. The van der Waals surface area contributed by atoms with Crippen LogP contribution in [-0.4, -0.2) is 66.9 Å². The van der Waals surface area contributed by atoms with Crippen molar-refractivity contribution in [3.63, 3.8) is 0 Å². The summed E-state index contributed by atoms with van der Waals surface area (Å²) < 4.78 is 11.8. The van der Waals surface area contributed by atoms with Gasteiger partial charge in [0.2, 0.25) is 0 Å². The Morgan fingerprint density at radius 1 is 1.22 bits per heavy atom. The van der Waals surface area contributed by atoms with Crippen LogP contribution in [0.2, 0.25) is 0 Å². The zero-order valence-corrected chi connectivity index (χ0v) is 19.8. The van der Waals surface area contributed by atoms with Crippen molar-refractivity contribution < 1.29 is 14.3 Å². The van der Waals surface area contributed by atoms with Crippen LogP contribution in [0.3, 0.4) is 0 Å². The molecule has 7 heteroatoms. The van der Waals surface area contributed by atoms with E-state index in [1.54, 1.807) is 0 Å². The number of carbonyl (C=O) groups is 1. The highest BCUT2D eigenvalue weighted by Gasteiger charge is 2.50. The highest BCUT2D eigenvalue weighted by Crippen LogP contribution is 2.49. The first kappa shape index (κ1) is 22.7. The molecule has 0 atom stereocenters. The second kappa shape index (κ2) is 8.82. The van der Waals surface area contributed by atoms with Gasteiger partial charge in [-0.1, -0.05) is 0 Å². The van der Waals surface area contributed by atoms with Crippen LogP contribution in [0.4, 0.5) is 10.5 Å². The number of hydrogen-bond acceptors (Lipinski definition) is 6. The largest absolute Gasteiger partial charge is 0.489 e. The summed E-state index contributed by atoms with van der Waals surface area (Å²) in [5.41, 5.74) is 1.32. The minimum Gasteiger partial charge on any atom is -0.489 e. The molecule has 2 saturated heterocycles. The van der Waals surface area contributed by atoms with Gasteiger partial charge in [-0.15, -0.1) is 0 Å². The number of nitrogens with zero attached hydrogens (tertiary/aromatic N) is 3. The Morgan fingerprint density at radius 2 is 1.94 bits per heavy atom. The molecule has 1 amide bonds. The number of carbonyl (C=O) groups excluding carboxylic acids is 1. The smallest absolute Gasteiger partial charge is 0.410 e. The van der Waals surface area contributed by atoms with Gasteiger partial charge in [0.15, 0.2) is 0 Å². The highest BCUT2D eigenvalue weighted by molar-refractivity contribution is 5.68. The van der Waals surface area contributed by atoms with E-state index in [9.17, 15) is 10.1 Å². The summed E-state index contributed by atoms with van der Waals surface area (Å²) in [6.45, 7) is 9.31. The van der Waals surface area contributed by atoms with Gasteiger partial charge in [0.25, 0.3) is 0 Å². The highest BCUT2D eigenvalue weighted by atomic mass is 16.6. The van der Waals surface area contributed by atoms with Gasteiger partial charge in [-0.3, -0.25) is 0 Å². The number of anilines is 1. The van der Waals surface area contributed by atoms with Crippen molar-refractivity contribution in [1.29, 1.82) is 5.26 Å². The van der Waals surface area contributed by atoms with Gasteiger partial charge in [-0.25, -0.2) is 4.79 Å². The maximum Gasteiger partial charge on any atom is 0.410 e. The van der Waals surface area contributed by atoms with Crippen molar-refractivity contribution in [3.05, 3.63) is 23.8 Å². The van der Waals surface area contributed by atoms with Gasteiger partial charge in [-0.05, 0) is 77.5 Å². The lowest BCUT2D eigenvalue weighted by atomic mass is 9.65. The predicted molar refractivity (Wildman–Crippen MR) is 124 cm³/mol. The monoisotopic (exact) mass is 440 g/mol. The third-order valence-electron chi connectivity index (χ3n) is 6.88. The van der Waals surface area contributed by atoms with Crippen LogP contribution in [-0.2, 0) is 4.74 Å². The van der Waals surface area contributed by atoms with Gasteiger partial charge >= 0.3 is 6.09 Å². The minimum atomic E-state index is -0.459. The fourth-order valence-electron chi connectivity index (χ4n) is 5.16. The standard InChI is InChI=1S/C25H36N4O3/c1-24(2,3)32-23(30)29-12-9-25(17-29)14-20(15-25)27-19-6-5-18(16-26)22(13-19)31-21-7-10-28(4)11-8-21/h5-6,13,20-21,27H,7-12,14-15,17H2,1-4H3. The molecule has 0 aromatic heterocycles. The molecule has 1 aromatic carbocycles. The molecule has 4 rings (SSSR count). The molecule has 2 aliphatic heterocycles. The van der Waals surface area contributed by atoms with Crippen LogP contribution >= 0.6 is 0 Å². The van der Waals surface area contributed by atoms with E-state index in [4.69, 9.17) is 9.47 Å². The number of amides is 1. The van der Waals surface area contributed by atoms with Crippen LogP contribution in [0, 0.1) is 16.7 Å². The normalized spacial score (nSPS) is 26.5. The third kappa shape index (κ3) is 5.29. The molecule has 0 unspecified atom stereocenters. The molecule has 1 spiro atoms. The first-order valence-electron chi connectivity index (χ1n) is 11.8. The fourth-order valence-corrected chi connectivity index (χ4v) is 5.16. The third-order valence-corrected chi connectivity index (χ3v) is 6.88. The van der Waals surface area contributed by atoms with E-state index < -0.39 is 5.60 Å². The SMILES string of the molecule is CN1CCC(Oc2cc(NC3CC4(CCN(C(=O)OC(C)(C)C)C4)C3)ccc2C#N)CC1. The van der Waals surface area contributed by atoms with Crippen LogP contribution in [0.15, 0.2) is 18.2 Å². The topological polar surface area (TPSA) is 77.8 Å². The first-order chi connectivity index (χ1) is 15.1. The number of hydrogen-bond donors (Lipinski definition) is 1. The lowest BCUT2D eigenvalue weighted by molar-refractivity contribution is 0.0237. The first-order valence-corrected chi connectivity index (χ1v) is 11.8. The molecule has 0 bridgehead atoms. The number of likely N-dealkylation sites (tertiary alicyclic amines) is 2. The Labute approximate surface area is 191 Å². The lowest BCUT2D eigenvalue weighted by Crippen LogP contribution is -2.47. The number of nitriles is 1. The summed E-state index contributed by atoms with van der Waals surface area (Å²) in [4.78, 5) is 16.6. The van der Waals surface area contributed by atoms with E-state index in [-0.39, 0.29) is 17.6 Å². The molecular formula is C25H36N4O3. The number of ether oxygens (including phenoxy) is 2. The van der Waals surface area contributed by atoms with Crippen molar-refractivity contribution in [3.8, 4) is 11.8 Å². The summed E-state index contributed by atoms with van der Waals surface area (Å²) in [5, 5.41) is 13.1. The van der Waals surface area contributed by atoms with Crippen LogP contribution in [0.1, 0.15) is 58.4 Å². The molecule has 1 aliphatic carbocycles. The van der Waals surface area contributed by atoms with Gasteiger partial charge < -0.3 is 24.6 Å². The summed E-state index contributed by atoms with van der Waals surface area (Å²) in [6, 6.07) is 8.42. The van der Waals surface area contributed by atoms with E-state index >= 15 is 0 Å². The zero-order chi connectivity index (χ0) is 22.9. The average Bonchev–Trinajstić information content (AvgIpc) is 3.14. The molecule has 3 fully saturated rings. The van der Waals surface area contributed by atoms with Gasteiger partial charge in [0.1, 0.15) is 23.5 Å². The van der Waals surface area contributed by atoms with Crippen molar-refractivity contribution in [2.24, 2.45) is 5.41 Å². The number of nitrogens with one attached hydrogen (secondary N) is 1. The Balaban J connectivity index is 1.31. The van der Waals surface area contributed by atoms with E-state index in [2.05, 4.69) is 23.3 Å². The van der Waals surface area contributed by atoms with Crippen molar-refractivity contribution in [2.45, 2.75) is 70.6 Å². The second-order valence-electron chi connectivity index (χ2n) is 10.8. The molecule has 1 N–H and O–H groups in total. The summed E-state index contributed by atoms with van der Waals surface area (Å²) in [7, 11) is 2.13. The van der Waals surface area contributed by atoms with E-state index in [0.717, 1.165) is 64.0 Å². The Kier molecular flexibility index (Phi) is 6.26. The van der Waals surface area contributed by atoms with Gasteiger partial charge in [0.05, 0.1) is 5.56 Å². The molecule has 0 radical (unpaired) electrons. The van der Waals surface area contributed by atoms with E-state index in [1.165, 1.54) is 0 Å². The van der Waals surface area contributed by atoms with Gasteiger partial charge in [0, 0.05) is 44.0 Å². The number of benzene rings is 1. The number of rotatable bonds is 4. The molecule has 1 saturated carbocycles. The van der Waals surface area contributed by atoms with Crippen molar-refractivity contribution in [2.75, 3.05) is 38.5 Å². The van der Waals surface area contributed by atoms with Crippen molar-refractivity contribution in [1.82, 2.24) is 9.80 Å². The van der Waals surface area contributed by atoms with E-state index in [0.29, 0.717) is 17.4 Å². The second-order valence-corrected chi connectivity index (χ2v) is 10.8. The lowest BCUT2D eigenvalue weighted by Gasteiger charge is -2.45. The molecule has 174 valence electrons. The Bertz CT molecular complexity index is 874. The van der Waals surface area contributed by atoms with Crippen LogP contribution in [0.25, 0.3) is 0 Å². The Hall–Kier alpha value is -2.46. The summed E-state index contributed by atoms with van der Waals surface area (Å²) >= 11 is 0. The van der Waals surface area contributed by atoms with E-state index in [1.807, 2.05) is 43.9 Å². The van der Waals surface area contributed by atoms with Crippen LogP contribution in [0.5, 0.6) is 5.75 Å². The summed E-state index contributed by atoms with van der Waals surface area (Å²) in [5.74, 6) is 0.679. The zero-order valence-electron chi connectivity index (χ0n) is 19.8. The molecule has 32 heavy (non-hydrogen) atoms. The molecule has 3 aliphatic rings. The predicted octanol–water partition coefficient (Wildman–Crippen LogP) is 4.23.